The van der Waals surface area contributed by atoms with Gasteiger partial charge in [-0.2, -0.15) is 0 Å². The van der Waals surface area contributed by atoms with Gasteiger partial charge in [0.15, 0.2) is 0 Å². The van der Waals surface area contributed by atoms with Crippen LogP contribution in [0.25, 0.3) is 0 Å². The zero-order valence-corrected chi connectivity index (χ0v) is 31.4. The largest absolute Gasteiger partial charge is 2.00 e. The van der Waals surface area contributed by atoms with Gasteiger partial charge in [-0.05, 0) is 79.3 Å². The van der Waals surface area contributed by atoms with Crippen molar-refractivity contribution in [2.24, 2.45) is 22.9 Å². The molecule has 20 nitrogen and oxygen atoms in total. The molecule has 0 unspecified atom stereocenters. The number of unbranched alkanes of at least 4 members (excludes halogenated alkanes) is 2. The number of aromatic amines is 2. The van der Waals surface area contributed by atoms with Crippen LogP contribution in [0.1, 0.15) is 75.1 Å². The molecule has 0 fully saturated rings. The minimum atomic E-state index is -1.39. The second-order valence-electron chi connectivity index (χ2n) is 12.4. The van der Waals surface area contributed by atoms with Crippen LogP contribution in [0.15, 0.2) is 12.7 Å². The zero-order chi connectivity index (χ0) is 39.4. The molecule has 301 valence electrons. The van der Waals surface area contributed by atoms with E-state index in [1.807, 2.05) is 0 Å². The smallest absolute Gasteiger partial charge is 0.548 e. The first kappa shape index (κ1) is 48.6. The fourth-order valence-electron chi connectivity index (χ4n) is 4.63. The van der Waals surface area contributed by atoms with Gasteiger partial charge in [0.1, 0.15) is 12.1 Å². The normalized spacial score (nSPS) is 14.0. The van der Waals surface area contributed by atoms with Gasteiger partial charge < -0.3 is 74.0 Å². The van der Waals surface area contributed by atoms with E-state index in [-0.39, 0.29) is 42.8 Å². The van der Waals surface area contributed by atoms with Crippen LogP contribution in [-0.2, 0) is 58.7 Å². The van der Waals surface area contributed by atoms with Crippen molar-refractivity contribution < 1.29 is 56.0 Å². The zero-order valence-electron chi connectivity index (χ0n) is 30.5. The Bertz CT molecular complexity index is 1340. The van der Waals surface area contributed by atoms with Crippen molar-refractivity contribution >= 4 is 35.6 Å². The fourth-order valence-corrected chi connectivity index (χ4v) is 4.63. The average Bonchev–Trinajstić information content (AvgIpc) is 3.69. The van der Waals surface area contributed by atoms with E-state index in [1.54, 1.807) is 13.8 Å². The predicted molar refractivity (Wildman–Crippen MR) is 185 cm³/mol. The number of carbonyl (C=O) groups is 6. The molecule has 4 amide bonds. The third-order valence-corrected chi connectivity index (χ3v) is 7.85. The van der Waals surface area contributed by atoms with Gasteiger partial charge in [-0.3, -0.25) is 19.2 Å². The SMILES string of the molecule is Cc1[nH]cnc1C[C@H](NC(=O)[C@H](C)N)C(=O)N[C@@H](CCCCN)C(=O)[O-].Cc1[nH]cnc1C[C@H](NC(=O)[C@H](C)N)C(=O)N[C@@H](CCCCN)C(=O)[O-].[Cu+2]. The molecule has 0 saturated carbocycles. The van der Waals surface area contributed by atoms with Gasteiger partial charge in [-0.25, -0.2) is 9.97 Å². The number of carboxylic acids is 2. The summed E-state index contributed by atoms with van der Waals surface area (Å²) in [6, 6.07) is -5.97. The Morgan fingerprint density at radius 3 is 1.19 bits per heavy atom. The minimum absolute atomic E-state index is 0. The van der Waals surface area contributed by atoms with Gasteiger partial charge in [0.25, 0.3) is 0 Å². The summed E-state index contributed by atoms with van der Waals surface area (Å²) in [5.74, 6) is -5.09. The second kappa shape index (κ2) is 25.6. The molecule has 0 saturated heterocycles. The van der Waals surface area contributed by atoms with Crippen LogP contribution in [0.2, 0.25) is 0 Å². The van der Waals surface area contributed by atoms with Gasteiger partial charge in [0.2, 0.25) is 23.6 Å². The number of hydrogen-bond donors (Lipinski definition) is 10. The standard InChI is InChI=1S/2C16H28N6O4.Cu/c2*1-9(18)14(23)22-13(7-12-10(2)19-8-20-12)15(24)21-11(16(25)26)5-3-4-6-17;/h2*8-9,11,13H,3-7,17-18H2,1-2H3,(H,19,20)(H,21,24)(H,22,23)(H,25,26);/q;;+2/p-2/t2*9-,11-,13-;/m00./s1. The van der Waals surface area contributed by atoms with E-state index in [1.165, 1.54) is 26.5 Å². The number of carboxylic acid groups (broad SMARTS) is 2. The molecule has 14 N–H and O–H groups in total. The summed E-state index contributed by atoms with van der Waals surface area (Å²) in [5, 5.41) is 32.4. The van der Waals surface area contributed by atoms with E-state index in [9.17, 15) is 39.0 Å². The van der Waals surface area contributed by atoms with Crippen molar-refractivity contribution in [1.82, 2.24) is 41.2 Å². The van der Waals surface area contributed by atoms with Crippen LogP contribution in [0, 0.1) is 13.8 Å². The molecule has 0 spiro atoms. The summed E-state index contributed by atoms with van der Waals surface area (Å²) in [6.07, 6.45) is 5.88. The number of aryl methyl sites for hydroxylation is 2. The number of nitrogens with one attached hydrogen (secondary N) is 6. The van der Waals surface area contributed by atoms with Crippen LogP contribution in [0.5, 0.6) is 0 Å². The Morgan fingerprint density at radius 2 is 0.943 bits per heavy atom. The molecule has 2 rings (SSSR count). The summed E-state index contributed by atoms with van der Waals surface area (Å²) in [6.45, 7) is 7.39. The Labute approximate surface area is 319 Å². The summed E-state index contributed by atoms with van der Waals surface area (Å²) in [5.41, 5.74) is 24.5. The number of nitrogens with two attached hydrogens (primary N) is 4. The summed E-state index contributed by atoms with van der Waals surface area (Å²) >= 11 is 0. The van der Waals surface area contributed by atoms with Gasteiger partial charge in [-0.1, -0.05) is 0 Å². The van der Waals surface area contributed by atoms with Crippen LogP contribution < -0.4 is 54.4 Å². The van der Waals surface area contributed by atoms with Crippen molar-refractivity contribution in [2.45, 2.75) is 115 Å². The van der Waals surface area contributed by atoms with Gasteiger partial charge >= 0.3 is 17.1 Å². The van der Waals surface area contributed by atoms with Crippen LogP contribution in [0.3, 0.4) is 0 Å². The van der Waals surface area contributed by atoms with E-state index in [0.29, 0.717) is 50.2 Å². The molecule has 0 aliphatic heterocycles. The maximum Gasteiger partial charge on any atom is 2.00 e. The molecule has 0 bridgehead atoms. The first-order chi connectivity index (χ1) is 24.5. The minimum Gasteiger partial charge on any atom is -0.548 e. The van der Waals surface area contributed by atoms with Crippen molar-refractivity contribution in [1.29, 1.82) is 0 Å². The van der Waals surface area contributed by atoms with E-state index in [4.69, 9.17) is 22.9 Å². The fraction of sp³-hybridized carbons (Fsp3) is 0.625. The Morgan fingerprint density at radius 1 is 0.623 bits per heavy atom. The summed E-state index contributed by atoms with van der Waals surface area (Å²) in [4.78, 5) is 85.5. The van der Waals surface area contributed by atoms with E-state index in [2.05, 4.69) is 41.2 Å². The monoisotopic (exact) mass is 797 g/mol. The molecule has 2 aromatic heterocycles. The Hall–Kier alpha value is -4.40. The molecule has 1 radical (unpaired) electrons. The number of hydrogen-bond acceptors (Lipinski definition) is 14. The number of rotatable bonds is 22. The number of H-pyrrole nitrogens is 2. The maximum absolute atomic E-state index is 12.6. The molecule has 2 aromatic rings. The number of amides is 4. The quantitative estimate of drug-likeness (QED) is 0.0394. The molecule has 6 atom stereocenters. The molecular formula is C32H54CuN12O8. The van der Waals surface area contributed by atoms with Crippen molar-refractivity contribution in [3.05, 3.63) is 35.4 Å². The molecular weight excluding hydrogens is 744 g/mol. The van der Waals surface area contributed by atoms with Crippen molar-refractivity contribution in [2.75, 3.05) is 13.1 Å². The third kappa shape index (κ3) is 18.3. The van der Waals surface area contributed by atoms with Crippen LogP contribution >= 0.6 is 0 Å². The van der Waals surface area contributed by atoms with Gasteiger partial charge in [-0.15, -0.1) is 0 Å². The van der Waals surface area contributed by atoms with E-state index in [0.717, 1.165) is 11.4 Å². The van der Waals surface area contributed by atoms with Crippen LogP contribution in [-0.4, -0.2) is 105 Å². The molecule has 2 heterocycles. The molecule has 0 aromatic carbocycles. The number of aromatic nitrogens is 4. The second-order valence-corrected chi connectivity index (χ2v) is 12.4. The third-order valence-electron chi connectivity index (χ3n) is 7.85. The first-order valence-corrected chi connectivity index (χ1v) is 17.0. The van der Waals surface area contributed by atoms with E-state index < -0.39 is 71.8 Å². The summed E-state index contributed by atoms with van der Waals surface area (Å²) < 4.78 is 0. The average molecular weight is 798 g/mol. The van der Waals surface area contributed by atoms with Crippen LogP contribution in [0.4, 0.5) is 0 Å². The Kier molecular flexibility index (Phi) is 23.4. The first-order valence-electron chi connectivity index (χ1n) is 17.0. The van der Waals surface area contributed by atoms with E-state index >= 15 is 0 Å². The number of aliphatic carboxylic acids is 2. The number of imidazole rings is 2. The predicted octanol–water partition coefficient (Wildman–Crippen LogP) is -5.09. The summed E-state index contributed by atoms with van der Waals surface area (Å²) in [7, 11) is 0. The number of nitrogens with zero attached hydrogens (tertiary/aromatic N) is 2. The molecule has 53 heavy (non-hydrogen) atoms. The van der Waals surface area contributed by atoms with Gasteiger partial charge in [0, 0.05) is 24.2 Å². The molecule has 21 heteroatoms. The van der Waals surface area contributed by atoms with Crippen molar-refractivity contribution in [3.63, 3.8) is 0 Å². The maximum atomic E-state index is 12.6. The van der Waals surface area contributed by atoms with Crippen molar-refractivity contribution in [3.8, 4) is 0 Å². The topological polar surface area (TPSA) is 358 Å². The molecule has 0 aliphatic carbocycles. The van der Waals surface area contributed by atoms with Gasteiger partial charge in [0.05, 0.1) is 60.1 Å². The number of carbonyl (C=O) groups excluding carboxylic acids is 6. The Balaban J connectivity index is 0.00000100. The molecule has 0 aliphatic rings.